The molecule has 0 spiro atoms. The summed E-state index contributed by atoms with van der Waals surface area (Å²) in [6.07, 6.45) is 3.67. The number of hydrogen-bond donors (Lipinski definition) is 0. The van der Waals surface area contributed by atoms with Crippen molar-refractivity contribution in [2.75, 3.05) is 5.75 Å². The number of halogens is 1. The van der Waals surface area contributed by atoms with Gasteiger partial charge in [0, 0.05) is 18.9 Å². The van der Waals surface area contributed by atoms with E-state index < -0.39 is 18.3 Å². The molecule has 0 radical (unpaired) electrons. The van der Waals surface area contributed by atoms with E-state index in [0.29, 0.717) is 10.9 Å². The second kappa shape index (κ2) is 7.20. The van der Waals surface area contributed by atoms with Gasteiger partial charge in [-0.3, -0.25) is 4.79 Å². The number of nitrogens with zero attached hydrogens (tertiary/aromatic N) is 1. The van der Waals surface area contributed by atoms with Gasteiger partial charge in [0.1, 0.15) is 5.15 Å². The number of rotatable bonds is 4. The molecule has 0 bridgehead atoms. The lowest BCUT2D eigenvalue weighted by molar-refractivity contribution is -0.109. The second-order valence-electron chi connectivity index (χ2n) is 6.96. The lowest BCUT2D eigenvalue weighted by Crippen LogP contribution is -2.41. The van der Waals surface area contributed by atoms with Crippen LogP contribution in [0.15, 0.2) is 17.7 Å². The summed E-state index contributed by atoms with van der Waals surface area (Å²) in [5.41, 5.74) is 1.86. The van der Waals surface area contributed by atoms with Crippen LogP contribution in [0.5, 0.6) is 0 Å². The molecule has 1 fully saturated rings. The fourth-order valence-corrected chi connectivity index (χ4v) is 2.92. The third kappa shape index (κ3) is 4.42. The van der Waals surface area contributed by atoms with Gasteiger partial charge in [-0.15, -0.1) is 0 Å². The summed E-state index contributed by atoms with van der Waals surface area (Å²) in [6.45, 7) is 11.5. The van der Waals surface area contributed by atoms with Crippen molar-refractivity contribution in [2.45, 2.75) is 52.7 Å². The molecule has 0 aliphatic carbocycles. The number of thioether (sulfide) groups is 1. The number of carbonyl (C=O) groups excluding carboxylic acids is 1. The maximum atomic E-state index is 11.4. The van der Waals surface area contributed by atoms with Crippen molar-refractivity contribution in [1.82, 2.24) is 4.98 Å². The Morgan fingerprint density at radius 1 is 1.33 bits per heavy atom. The van der Waals surface area contributed by atoms with Crippen molar-refractivity contribution in [3.63, 3.8) is 0 Å². The molecule has 4 nitrogen and oxygen atoms in total. The molecule has 0 amide bonds. The Kier molecular flexibility index (Phi) is 5.85. The zero-order chi connectivity index (χ0) is 18.1. The van der Waals surface area contributed by atoms with Gasteiger partial charge in [-0.1, -0.05) is 29.4 Å². The van der Waals surface area contributed by atoms with Gasteiger partial charge in [-0.05, 0) is 57.3 Å². The van der Waals surface area contributed by atoms with Crippen LogP contribution in [0.25, 0.3) is 6.08 Å². The summed E-state index contributed by atoms with van der Waals surface area (Å²) >= 11 is 7.23. The zero-order valence-electron chi connectivity index (χ0n) is 15.0. The summed E-state index contributed by atoms with van der Waals surface area (Å²) in [5, 5.41) is 0.547. The van der Waals surface area contributed by atoms with E-state index in [9.17, 15) is 4.79 Å². The highest BCUT2D eigenvalue weighted by Crippen LogP contribution is 2.39. The van der Waals surface area contributed by atoms with E-state index in [1.807, 2.05) is 46.8 Å². The molecule has 2 rings (SSSR count). The predicted molar refractivity (Wildman–Crippen MR) is 101 cm³/mol. The van der Waals surface area contributed by atoms with E-state index >= 15 is 0 Å². The zero-order valence-corrected chi connectivity index (χ0v) is 16.5. The van der Waals surface area contributed by atoms with Crippen LogP contribution in [-0.4, -0.2) is 34.2 Å². The lowest BCUT2D eigenvalue weighted by atomic mass is 9.78. The molecule has 1 saturated heterocycles. The fourth-order valence-electron chi connectivity index (χ4n) is 2.23. The molecule has 0 saturated carbocycles. The van der Waals surface area contributed by atoms with Crippen LogP contribution < -0.4 is 0 Å². The normalized spacial score (nSPS) is 19.6. The Labute approximate surface area is 153 Å². The largest absolute Gasteiger partial charge is 0.491 e. The van der Waals surface area contributed by atoms with Crippen LogP contribution in [0.3, 0.4) is 0 Å². The first kappa shape index (κ1) is 19.5. The molecule has 1 aromatic heterocycles. The van der Waals surface area contributed by atoms with Crippen molar-refractivity contribution in [1.29, 1.82) is 0 Å². The molecule has 0 atom stereocenters. The Hall–Kier alpha value is -0.815. The minimum absolute atomic E-state index is 0.0582. The van der Waals surface area contributed by atoms with Crippen LogP contribution in [0.1, 0.15) is 45.7 Å². The molecule has 2 heterocycles. The third-order valence-electron chi connectivity index (χ3n) is 4.39. The summed E-state index contributed by atoms with van der Waals surface area (Å²) in [5.74, 6) is 0.508. The molecule has 24 heavy (non-hydrogen) atoms. The quantitative estimate of drug-likeness (QED) is 0.585. The third-order valence-corrected chi connectivity index (χ3v) is 5.67. The van der Waals surface area contributed by atoms with E-state index in [1.54, 1.807) is 13.1 Å². The van der Waals surface area contributed by atoms with Crippen LogP contribution in [-0.2, 0) is 14.1 Å². The highest BCUT2D eigenvalue weighted by molar-refractivity contribution is 8.13. The highest BCUT2D eigenvalue weighted by atomic mass is 35.5. The molecule has 0 N–H and O–H groups in total. The smallest absolute Gasteiger partial charge is 0.400 e. The van der Waals surface area contributed by atoms with Gasteiger partial charge < -0.3 is 9.31 Å². The van der Waals surface area contributed by atoms with Crippen molar-refractivity contribution in [2.24, 2.45) is 0 Å². The Bertz CT molecular complexity index is 660. The van der Waals surface area contributed by atoms with Crippen molar-refractivity contribution >= 4 is 41.7 Å². The monoisotopic (exact) mass is 367 g/mol. The molecule has 0 aromatic carbocycles. The standard InChI is InChI=1S/C17H23BClNO3S/c1-11-7-13(9-20-15(11)19)8-14(10-24-12(2)21)18-22-16(3,4)17(5,6)23-18/h7-9H,10H2,1-6H3. The number of aromatic nitrogens is 1. The van der Waals surface area contributed by atoms with E-state index in [4.69, 9.17) is 20.9 Å². The molecule has 1 aliphatic heterocycles. The van der Waals surface area contributed by atoms with E-state index in [1.165, 1.54) is 11.8 Å². The van der Waals surface area contributed by atoms with E-state index in [2.05, 4.69) is 4.98 Å². The summed E-state index contributed by atoms with van der Waals surface area (Å²) in [4.78, 5) is 15.6. The summed E-state index contributed by atoms with van der Waals surface area (Å²) in [7, 11) is -0.488. The molecule has 7 heteroatoms. The van der Waals surface area contributed by atoms with E-state index in [0.717, 1.165) is 16.6 Å². The molecule has 0 unspecified atom stereocenters. The number of carbonyl (C=O) groups is 1. The van der Waals surface area contributed by atoms with Gasteiger partial charge in [-0.2, -0.15) is 0 Å². The molecule has 130 valence electrons. The predicted octanol–water partition coefficient (Wildman–Crippen LogP) is 4.34. The van der Waals surface area contributed by atoms with Gasteiger partial charge >= 0.3 is 7.12 Å². The van der Waals surface area contributed by atoms with E-state index in [-0.39, 0.29) is 5.12 Å². The maximum Gasteiger partial charge on any atom is 0.491 e. The highest BCUT2D eigenvalue weighted by Gasteiger charge is 2.52. The lowest BCUT2D eigenvalue weighted by Gasteiger charge is -2.32. The maximum absolute atomic E-state index is 11.4. The first-order valence-electron chi connectivity index (χ1n) is 7.83. The van der Waals surface area contributed by atoms with Crippen molar-refractivity contribution in [3.8, 4) is 0 Å². The van der Waals surface area contributed by atoms with Crippen LogP contribution in [0.2, 0.25) is 5.15 Å². The Morgan fingerprint density at radius 3 is 2.42 bits per heavy atom. The minimum Gasteiger partial charge on any atom is -0.400 e. The van der Waals surface area contributed by atoms with Crippen LogP contribution >= 0.6 is 23.4 Å². The SMILES string of the molecule is CC(=O)SCC(=Cc1cnc(Cl)c(C)c1)B1OC(C)(C)C(C)(C)O1. The van der Waals surface area contributed by atoms with Gasteiger partial charge in [0.25, 0.3) is 0 Å². The first-order valence-corrected chi connectivity index (χ1v) is 9.20. The minimum atomic E-state index is -0.488. The van der Waals surface area contributed by atoms with Crippen LogP contribution in [0, 0.1) is 6.92 Å². The molecule has 1 aliphatic rings. The average Bonchev–Trinajstić information content (AvgIpc) is 2.67. The summed E-state index contributed by atoms with van der Waals surface area (Å²) in [6, 6.07) is 1.96. The Morgan fingerprint density at radius 2 is 1.92 bits per heavy atom. The first-order chi connectivity index (χ1) is 11.0. The fraction of sp³-hybridized carbons (Fsp3) is 0.529. The van der Waals surface area contributed by atoms with Crippen molar-refractivity contribution in [3.05, 3.63) is 34.0 Å². The van der Waals surface area contributed by atoms with Crippen molar-refractivity contribution < 1.29 is 14.1 Å². The molecular weight excluding hydrogens is 345 g/mol. The van der Waals surface area contributed by atoms with Gasteiger partial charge in [0.2, 0.25) is 0 Å². The number of pyridine rings is 1. The topological polar surface area (TPSA) is 48.4 Å². The number of aryl methyl sites for hydroxylation is 1. The summed E-state index contributed by atoms with van der Waals surface area (Å²) < 4.78 is 12.2. The molecular formula is C17H23BClNO3S. The molecule has 1 aromatic rings. The van der Waals surface area contributed by atoms with Crippen LogP contribution in [0.4, 0.5) is 0 Å². The van der Waals surface area contributed by atoms with Gasteiger partial charge in [0.15, 0.2) is 5.12 Å². The second-order valence-corrected chi connectivity index (χ2v) is 8.47. The van der Waals surface area contributed by atoms with Gasteiger partial charge in [0.05, 0.1) is 11.2 Å². The average molecular weight is 368 g/mol. The number of hydrogen-bond acceptors (Lipinski definition) is 5. The Balaban J connectivity index is 2.33. The van der Waals surface area contributed by atoms with Gasteiger partial charge in [-0.25, -0.2) is 4.98 Å².